The number of amides is 1. The molecule has 1 aliphatic carbocycles. The van der Waals surface area contributed by atoms with Crippen molar-refractivity contribution in [3.05, 3.63) is 225 Å². The molecule has 0 saturated heterocycles. The van der Waals surface area contributed by atoms with E-state index in [1.807, 2.05) is 170 Å². The fourth-order valence-corrected chi connectivity index (χ4v) is 7.81. The van der Waals surface area contributed by atoms with E-state index in [2.05, 4.69) is 105 Å². The lowest BCUT2D eigenvalue weighted by atomic mass is 9.94. The van der Waals surface area contributed by atoms with Gasteiger partial charge in [0.25, 0.3) is 5.91 Å². The quantitative estimate of drug-likeness (QED) is 0.0580. The molecule has 396 valence electrons. The Labute approximate surface area is 456 Å². The highest BCUT2D eigenvalue weighted by Gasteiger charge is 2.22. The van der Waals surface area contributed by atoms with Crippen molar-refractivity contribution < 1.29 is 4.79 Å². The molecule has 2 aliphatic rings. The lowest BCUT2D eigenvalue weighted by Crippen LogP contribution is -2.14. The Balaban J connectivity index is 0.000000128. The van der Waals surface area contributed by atoms with Crippen LogP contribution in [0, 0.1) is 5.92 Å². The Kier molecular flexibility index (Phi) is 19.7. The van der Waals surface area contributed by atoms with Crippen molar-refractivity contribution in [1.82, 2.24) is 61.2 Å². The van der Waals surface area contributed by atoms with E-state index in [1.165, 1.54) is 0 Å². The van der Waals surface area contributed by atoms with Crippen LogP contribution in [0.1, 0.15) is 0 Å². The first-order valence-electron chi connectivity index (χ1n) is 24.2. The minimum Gasteiger partial charge on any atom is -0.321 e. The van der Waals surface area contributed by atoms with Gasteiger partial charge in [-0.25, -0.2) is 17.5 Å². The molecule has 24 heteroatoms. The monoisotopic (exact) mass is 1060 g/mol. The third-order valence-electron chi connectivity index (χ3n) is 11.6. The number of fused-ring (bicyclic) bond motifs is 7. The van der Waals surface area contributed by atoms with E-state index in [4.69, 9.17) is 17.5 Å². The number of hydrogen-bond donors (Lipinski definition) is 9. The molecule has 1 amide bonds. The van der Waals surface area contributed by atoms with Crippen LogP contribution in [-0.2, 0) is 4.79 Å². The standard InChI is InChI=1S/C16H11N5.3C8H8N4.C8H6N2O.C8H6N2.H4N2/c1-3-7-13-11(5-1)9-17-20-15(13)19-16-14-8-4-2-6-12(14)10-18-21-16;3*9-11-8-7-4-2-1-3-6(7)5-10-12-8;11-8-7-4-2-1-3-6(7)5-9-10-8;1-2-4-8-6-10-9-5-7(8)3-1;1-2/h1-10H,(H,19,20,21);3*1-5H,9H2,(H,11,12);1-5,7H;1-6H;1-2H2. The molecule has 0 bridgehead atoms. The van der Waals surface area contributed by atoms with Crippen LogP contribution in [0.4, 0.5) is 29.1 Å². The van der Waals surface area contributed by atoms with Crippen LogP contribution in [0.2, 0.25) is 0 Å². The van der Waals surface area contributed by atoms with Gasteiger partial charge in [0.1, 0.15) is 0 Å². The summed E-state index contributed by atoms with van der Waals surface area (Å²) in [5.41, 5.74) is 8.41. The molecule has 0 saturated carbocycles. The van der Waals surface area contributed by atoms with Crippen molar-refractivity contribution in [2.24, 2.45) is 45.4 Å². The van der Waals surface area contributed by atoms with E-state index in [9.17, 15) is 4.79 Å². The van der Waals surface area contributed by atoms with Crippen LogP contribution in [0.25, 0.3) is 64.6 Å². The van der Waals surface area contributed by atoms with Gasteiger partial charge in [-0.1, -0.05) is 170 Å². The number of rotatable bonds is 5. The second-order valence-corrected chi connectivity index (χ2v) is 16.5. The van der Waals surface area contributed by atoms with Gasteiger partial charge in [0.15, 0.2) is 29.1 Å². The molecule has 80 heavy (non-hydrogen) atoms. The van der Waals surface area contributed by atoms with Crippen LogP contribution in [0.5, 0.6) is 0 Å². The molecule has 14 N–H and O–H groups in total. The van der Waals surface area contributed by atoms with E-state index in [1.54, 1.807) is 49.6 Å². The van der Waals surface area contributed by atoms with Crippen molar-refractivity contribution in [3.63, 3.8) is 0 Å². The van der Waals surface area contributed by atoms with Crippen LogP contribution in [0.15, 0.2) is 235 Å². The summed E-state index contributed by atoms with van der Waals surface area (Å²) in [5.74, 6) is 26.6. The summed E-state index contributed by atoms with van der Waals surface area (Å²) < 4.78 is 0. The second kappa shape index (κ2) is 28.7. The second-order valence-electron chi connectivity index (χ2n) is 16.5. The van der Waals surface area contributed by atoms with E-state index in [-0.39, 0.29) is 11.8 Å². The Morgan fingerprint density at radius 1 is 0.362 bits per heavy atom. The van der Waals surface area contributed by atoms with E-state index < -0.39 is 0 Å². The Hall–Kier alpha value is -11.2. The maximum Gasteiger partial charge on any atom is 0.275 e. The summed E-state index contributed by atoms with van der Waals surface area (Å²) in [6, 6.07) is 47.3. The van der Waals surface area contributed by atoms with Crippen molar-refractivity contribution in [2.45, 2.75) is 0 Å². The van der Waals surface area contributed by atoms with Crippen LogP contribution >= 0.6 is 0 Å². The minimum atomic E-state index is -0.183. The predicted octanol–water partition coefficient (Wildman–Crippen LogP) is 8.12. The Morgan fingerprint density at radius 3 is 1.00 bits per heavy atom. The highest BCUT2D eigenvalue weighted by Crippen LogP contribution is 2.27. The molecule has 1 aliphatic heterocycles. The number of aromatic nitrogens is 12. The topological polar surface area (TPSA) is 375 Å². The Bertz CT molecular complexity index is 3760. The van der Waals surface area contributed by atoms with Crippen molar-refractivity contribution in [1.29, 1.82) is 0 Å². The molecule has 0 fully saturated rings. The first-order valence-corrected chi connectivity index (χ1v) is 24.2. The number of nitrogens with one attached hydrogen (secondary N) is 4. The number of carbonyl (C=O) groups is 1. The largest absolute Gasteiger partial charge is 0.321 e. The summed E-state index contributed by atoms with van der Waals surface area (Å²) in [7, 11) is 0. The normalized spacial score (nSPS) is 12.4. The molecular weight excluding hydrogens is 1010 g/mol. The van der Waals surface area contributed by atoms with Gasteiger partial charge in [-0.05, 0) is 5.57 Å². The van der Waals surface area contributed by atoms with Gasteiger partial charge in [-0.2, -0.15) is 40.8 Å². The molecule has 6 aromatic carbocycles. The van der Waals surface area contributed by atoms with Gasteiger partial charge in [-0.15, -0.1) is 30.6 Å². The minimum absolute atomic E-state index is 0.178. The fourth-order valence-electron chi connectivity index (χ4n) is 7.81. The molecule has 6 aromatic heterocycles. The van der Waals surface area contributed by atoms with Crippen LogP contribution in [-0.4, -0.2) is 67.1 Å². The molecule has 0 radical (unpaired) electrons. The van der Waals surface area contributed by atoms with Gasteiger partial charge in [0, 0.05) is 64.6 Å². The summed E-state index contributed by atoms with van der Waals surface area (Å²) in [6.07, 6.45) is 21.2. The number of azo groups is 1. The molecule has 12 aromatic rings. The number of benzene rings is 6. The lowest BCUT2D eigenvalue weighted by molar-refractivity contribution is -0.120. The highest BCUT2D eigenvalue weighted by atomic mass is 16.2. The van der Waals surface area contributed by atoms with Crippen LogP contribution in [0.3, 0.4) is 0 Å². The maximum atomic E-state index is 11.0. The smallest absolute Gasteiger partial charge is 0.275 e. The molecular formula is C56H51N23O. The summed E-state index contributed by atoms with van der Waals surface area (Å²) in [6.45, 7) is 0. The number of hydrazine groups is 4. The maximum absolute atomic E-state index is 11.0. The van der Waals surface area contributed by atoms with Crippen molar-refractivity contribution >= 4 is 99.6 Å². The van der Waals surface area contributed by atoms with Gasteiger partial charge >= 0.3 is 0 Å². The molecule has 24 nitrogen and oxygen atoms in total. The molecule has 1 atom stereocenters. The lowest BCUT2D eigenvalue weighted by Gasteiger charge is -2.13. The fraction of sp³-hybridized carbons (Fsp3) is 0.0179. The van der Waals surface area contributed by atoms with Crippen LogP contribution < -0.4 is 50.8 Å². The average Bonchev–Trinajstić information content (AvgIpc) is 3.54. The first kappa shape index (κ1) is 55.1. The number of nitrogen functional groups attached to an aromatic ring is 3. The average molecular weight is 1060 g/mol. The number of anilines is 5. The number of nitrogens with zero attached hydrogens (tertiary/aromatic N) is 14. The first-order chi connectivity index (χ1) is 39.5. The molecule has 14 rings (SSSR count). The van der Waals surface area contributed by atoms with Gasteiger partial charge in [-0.3, -0.25) is 16.5 Å². The predicted molar refractivity (Wildman–Crippen MR) is 312 cm³/mol. The van der Waals surface area contributed by atoms with Gasteiger partial charge < -0.3 is 21.6 Å². The summed E-state index contributed by atoms with van der Waals surface area (Å²) >= 11 is 0. The number of allylic oxidation sites excluding steroid dienone is 3. The van der Waals surface area contributed by atoms with Gasteiger partial charge in [0.05, 0.1) is 55.5 Å². The number of carbonyl (C=O) groups excluding carboxylic acids is 1. The SMILES string of the molecule is NN.NNc1nncc2ccccc12.NNc1nncc2ccccc12.NNc1nncc2ccccc12.O=C1N=NC=C2C=CC=CC12.c1ccc2c(Nc3nncc4ccccc34)nncc2c1.c1ccc2cnncc2c1. The Morgan fingerprint density at radius 2 is 0.662 bits per heavy atom. The zero-order valence-electron chi connectivity index (χ0n) is 42.4. The van der Waals surface area contributed by atoms with Crippen molar-refractivity contribution in [3.8, 4) is 0 Å². The number of nitrogens with two attached hydrogens (primary N) is 5. The third kappa shape index (κ3) is 14.2. The third-order valence-corrected chi connectivity index (χ3v) is 11.6. The molecule has 1 unspecified atom stereocenters. The van der Waals surface area contributed by atoms with Crippen molar-refractivity contribution in [2.75, 3.05) is 21.6 Å². The summed E-state index contributed by atoms with van der Waals surface area (Å²) in [4.78, 5) is 11.0. The zero-order valence-corrected chi connectivity index (χ0v) is 42.4. The molecule has 0 spiro atoms. The van der Waals surface area contributed by atoms with E-state index in [0.29, 0.717) is 29.1 Å². The van der Waals surface area contributed by atoms with Gasteiger partial charge in [0.2, 0.25) is 0 Å². The number of hydrogen-bond acceptors (Lipinski definition) is 23. The molecule has 7 heterocycles. The van der Waals surface area contributed by atoms with E-state index >= 15 is 0 Å². The van der Waals surface area contributed by atoms with E-state index in [0.717, 1.165) is 70.2 Å². The highest BCUT2D eigenvalue weighted by molar-refractivity contribution is 5.97. The summed E-state index contributed by atoms with van der Waals surface area (Å²) in [5, 5.41) is 69.5. The zero-order chi connectivity index (χ0) is 55.7.